The summed E-state index contributed by atoms with van der Waals surface area (Å²) in [5.41, 5.74) is 1.77. The molecule has 6 nitrogen and oxygen atoms in total. The minimum atomic E-state index is -0.167. The first-order valence-electron chi connectivity index (χ1n) is 10.1. The summed E-state index contributed by atoms with van der Waals surface area (Å²) in [7, 11) is 1.64. The monoisotopic (exact) mass is 433 g/mol. The molecule has 0 radical (unpaired) electrons. The number of fused-ring (bicyclic) bond motifs is 1. The predicted molar refractivity (Wildman–Crippen MR) is 125 cm³/mol. The molecule has 4 aromatic rings. The van der Waals surface area contributed by atoms with Gasteiger partial charge in [0.25, 0.3) is 5.56 Å². The smallest absolute Gasteiger partial charge is 0.291 e. The van der Waals surface area contributed by atoms with Crippen LogP contribution in [0.5, 0.6) is 11.5 Å². The molecule has 31 heavy (non-hydrogen) atoms. The number of aromatic nitrogens is 3. The van der Waals surface area contributed by atoms with Crippen molar-refractivity contribution >= 4 is 34.5 Å². The summed E-state index contributed by atoms with van der Waals surface area (Å²) in [6.07, 6.45) is 7.69. The molecular weight excluding hydrogens is 410 g/mol. The molecule has 0 bridgehead atoms. The zero-order valence-corrected chi connectivity index (χ0v) is 18.3. The largest absolute Gasteiger partial charge is 0.497 e. The summed E-state index contributed by atoms with van der Waals surface area (Å²) in [6.45, 7) is 2.85. The van der Waals surface area contributed by atoms with Crippen molar-refractivity contribution in [2.45, 2.75) is 19.8 Å². The van der Waals surface area contributed by atoms with Crippen molar-refractivity contribution in [1.82, 2.24) is 14.6 Å². The number of benzene rings is 2. The average molecular weight is 434 g/mol. The lowest BCUT2D eigenvalue weighted by molar-refractivity contribution is 0.309. The fourth-order valence-electron chi connectivity index (χ4n) is 2.95. The van der Waals surface area contributed by atoms with Crippen molar-refractivity contribution in [1.29, 1.82) is 0 Å². The fraction of sp³-hybridized carbons (Fsp3) is 0.208. The van der Waals surface area contributed by atoms with Gasteiger partial charge < -0.3 is 9.47 Å². The number of unbranched alkanes of at least 4 members (excludes halogenated alkanes) is 1. The van der Waals surface area contributed by atoms with Crippen LogP contribution in [0, 0.1) is 0 Å². The molecule has 7 heteroatoms. The highest BCUT2D eigenvalue weighted by Gasteiger charge is 2.09. The van der Waals surface area contributed by atoms with Crippen LogP contribution in [0.4, 0.5) is 0 Å². The highest BCUT2D eigenvalue weighted by atomic mass is 32.1. The van der Waals surface area contributed by atoms with Crippen LogP contribution in [0.25, 0.3) is 23.2 Å². The third-order valence-corrected chi connectivity index (χ3v) is 5.64. The SMILES string of the molecule is CCCCOc1ccc(/C=c2/sc3nc(/C=C/c4ccc(OC)cc4)nn3c2=O)cc1. The Morgan fingerprint density at radius 3 is 2.39 bits per heavy atom. The number of nitrogens with zero attached hydrogens (tertiary/aromatic N) is 3. The van der Waals surface area contributed by atoms with E-state index < -0.39 is 0 Å². The molecule has 0 saturated carbocycles. The summed E-state index contributed by atoms with van der Waals surface area (Å²) < 4.78 is 12.8. The standard InChI is InChI=1S/C24H23N3O3S/c1-3-4-15-30-20-12-7-18(8-13-20)16-21-23(28)27-24(31-21)25-22(26-27)14-9-17-5-10-19(29-2)11-6-17/h5-14,16H,3-4,15H2,1-2H3/b14-9+,21-16+. The van der Waals surface area contributed by atoms with Crippen molar-refractivity contribution in [3.63, 3.8) is 0 Å². The van der Waals surface area contributed by atoms with E-state index in [1.165, 1.54) is 15.9 Å². The second kappa shape index (κ2) is 9.57. The third-order valence-electron chi connectivity index (χ3n) is 4.68. The zero-order chi connectivity index (χ0) is 21.6. The Balaban J connectivity index is 1.51. The Labute approximate surface area is 184 Å². The lowest BCUT2D eigenvalue weighted by Crippen LogP contribution is -2.23. The second-order valence-corrected chi connectivity index (χ2v) is 7.97. The van der Waals surface area contributed by atoms with Gasteiger partial charge in [0.15, 0.2) is 5.82 Å². The summed E-state index contributed by atoms with van der Waals surface area (Å²) in [5, 5.41) is 4.33. The third kappa shape index (κ3) is 5.00. The molecule has 0 spiro atoms. The van der Waals surface area contributed by atoms with Crippen LogP contribution in [0.15, 0.2) is 53.3 Å². The van der Waals surface area contributed by atoms with Gasteiger partial charge >= 0.3 is 0 Å². The Hall–Kier alpha value is -3.45. The van der Waals surface area contributed by atoms with Crippen molar-refractivity contribution in [3.05, 3.63) is 80.4 Å². The quantitative estimate of drug-likeness (QED) is 0.392. The normalized spacial score (nSPS) is 12.1. The van der Waals surface area contributed by atoms with Gasteiger partial charge in [0.1, 0.15) is 11.5 Å². The lowest BCUT2D eigenvalue weighted by atomic mass is 10.2. The van der Waals surface area contributed by atoms with Gasteiger partial charge in [-0.2, -0.15) is 9.50 Å². The van der Waals surface area contributed by atoms with Crippen LogP contribution in [-0.4, -0.2) is 28.3 Å². The highest BCUT2D eigenvalue weighted by Crippen LogP contribution is 2.15. The molecule has 0 unspecified atom stereocenters. The van der Waals surface area contributed by atoms with Crippen LogP contribution in [0.1, 0.15) is 36.7 Å². The highest BCUT2D eigenvalue weighted by molar-refractivity contribution is 7.15. The first-order chi connectivity index (χ1) is 15.2. The van der Waals surface area contributed by atoms with E-state index in [1.54, 1.807) is 13.2 Å². The maximum absolute atomic E-state index is 12.7. The van der Waals surface area contributed by atoms with E-state index in [2.05, 4.69) is 17.0 Å². The fourth-order valence-corrected chi connectivity index (χ4v) is 3.87. The number of rotatable bonds is 8. The molecule has 2 aromatic carbocycles. The topological polar surface area (TPSA) is 65.7 Å². The van der Waals surface area contributed by atoms with Crippen LogP contribution >= 0.6 is 11.3 Å². The number of methoxy groups -OCH3 is 1. The summed E-state index contributed by atoms with van der Waals surface area (Å²) in [5.74, 6) is 2.14. The number of hydrogen-bond donors (Lipinski definition) is 0. The maximum Gasteiger partial charge on any atom is 0.291 e. The maximum atomic E-state index is 12.7. The van der Waals surface area contributed by atoms with Crippen molar-refractivity contribution < 1.29 is 9.47 Å². The molecule has 4 rings (SSSR count). The zero-order valence-electron chi connectivity index (χ0n) is 17.4. The van der Waals surface area contributed by atoms with E-state index in [1.807, 2.05) is 60.7 Å². The molecule has 158 valence electrons. The second-order valence-electron chi connectivity index (χ2n) is 6.96. The first kappa shape index (κ1) is 20.8. The number of hydrogen-bond acceptors (Lipinski definition) is 6. The Morgan fingerprint density at radius 1 is 1.00 bits per heavy atom. The van der Waals surface area contributed by atoms with E-state index in [9.17, 15) is 4.79 Å². The van der Waals surface area contributed by atoms with Gasteiger partial charge in [-0.25, -0.2) is 0 Å². The van der Waals surface area contributed by atoms with Gasteiger partial charge in [-0.05, 0) is 54.0 Å². The van der Waals surface area contributed by atoms with Gasteiger partial charge in [0.2, 0.25) is 4.96 Å². The number of thiazole rings is 1. The van der Waals surface area contributed by atoms with Gasteiger partial charge in [0, 0.05) is 0 Å². The van der Waals surface area contributed by atoms with Gasteiger partial charge in [0.05, 0.1) is 18.2 Å². The molecule has 0 fully saturated rings. The van der Waals surface area contributed by atoms with Gasteiger partial charge in [-0.3, -0.25) is 4.79 Å². The average Bonchev–Trinajstić information content (AvgIpc) is 3.32. The lowest BCUT2D eigenvalue weighted by Gasteiger charge is -2.04. The van der Waals surface area contributed by atoms with Crippen LogP contribution in [0.2, 0.25) is 0 Å². The minimum absolute atomic E-state index is 0.167. The Morgan fingerprint density at radius 2 is 1.71 bits per heavy atom. The first-order valence-corrected chi connectivity index (χ1v) is 10.9. The summed E-state index contributed by atoms with van der Waals surface area (Å²) in [4.78, 5) is 17.7. The molecular formula is C24H23N3O3S. The molecule has 0 aliphatic carbocycles. The Kier molecular flexibility index (Phi) is 6.43. The Bertz CT molecular complexity index is 1290. The van der Waals surface area contributed by atoms with Crippen molar-refractivity contribution in [2.75, 3.05) is 13.7 Å². The molecule has 0 amide bonds. The van der Waals surface area contributed by atoms with E-state index in [0.29, 0.717) is 21.9 Å². The molecule has 0 atom stereocenters. The van der Waals surface area contributed by atoms with Gasteiger partial charge in [-0.1, -0.05) is 55.0 Å². The van der Waals surface area contributed by atoms with E-state index in [0.717, 1.165) is 35.5 Å². The van der Waals surface area contributed by atoms with Crippen molar-refractivity contribution in [3.8, 4) is 11.5 Å². The molecule has 0 N–H and O–H groups in total. The molecule has 0 aliphatic rings. The van der Waals surface area contributed by atoms with Gasteiger partial charge in [-0.15, -0.1) is 5.10 Å². The molecule has 2 heterocycles. The summed E-state index contributed by atoms with van der Waals surface area (Å²) in [6, 6.07) is 15.4. The summed E-state index contributed by atoms with van der Waals surface area (Å²) >= 11 is 1.33. The molecule has 0 saturated heterocycles. The molecule has 0 aliphatic heterocycles. The van der Waals surface area contributed by atoms with E-state index in [-0.39, 0.29) is 5.56 Å². The van der Waals surface area contributed by atoms with Crippen LogP contribution in [-0.2, 0) is 0 Å². The van der Waals surface area contributed by atoms with E-state index in [4.69, 9.17) is 9.47 Å². The number of ether oxygens (including phenoxy) is 2. The van der Waals surface area contributed by atoms with E-state index >= 15 is 0 Å². The minimum Gasteiger partial charge on any atom is -0.497 e. The van der Waals surface area contributed by atoms with Crippen LogP contribution in [0.3, 0.4) is 0 Å². The molecule has 2 aromatic heterocycles. The van der Waals surface area contributed by atoms with Crippen molar-refractivity contribution in [2.24, 2.45) is 0 Å². The predicted octanol–water partition coefficient (Wildman–Crippen LogP) is 4.06. The van der Waals surface area contributed by atoms with Crippen LogP contribution < -0.4 is 19.6 Å².